The van der Waals surface area contributed by atoms with E-state index >= 15 is 0 Å². The molecule has 4 rings (SSSR count). The van der Waals surface area contributed by atoms with Gasteiger partial charge >= 0.3 is 0 Å². The van der Waals surface area contributed by atoms with Crippen molar-refractivity contribution in [3.05, 3.63) is 18.2 Å². The van der Waals surface area contributed by atoms with Crippen molar-refractivity contribution in [1.29, 1.82) is 0 Å². The lowest BCUT2D eigenvalue weighted by atomic mass is 9.99. The fraction of sp³-hybridized carbons (Fsp3) is 0.647. The van der Waals surface area contributed by atoms with Crippen LogP contribution in [-0.2, 0) is 9.53 Å². The number of nitrogens with one attached hydrogen (secondary N) is 1. The van der Waals surface area contributed by atoms with Gasteiger partial charge in [0, 0.05) is 19.6 Å². The van der Waals surface area contributed by atoms with Crippen molar-refractivity contribution in [3.8, 4) is 5.75 Å². The largest absolute Gasteiger partial charge is 0.494 e. The zero-order valence-electron chi connectivity index (χ0n) is 14.2. The summed E-state index contributed by atoms with van der Waals surface area (Å²) in [4.78, 5) is 34.8. The Hall–Kier alpha value is -2.22. The molecule has 1 aliphatic carbocycles. The van der Waals surface area contributed by atoms with Crippen LogP contribution in [0.3, 0.4) is 0 Å². The standard InChI is InChI=1S/C17H22N4O4/c1-24-12-6-18-15(19-7-12)17(23)21-8-11-4-13(14(9-21)25-11)16(22)20-5-10-2-3-10/h6-7,10-11,13-14H,2-5,8-9H2,1H3,(H,20,22). The van der Waals surface area contributed by atoms with E-state index in [1.807, 2.05) is 0 Å². The van der Waals surface area contributed by atoms with E-state index in [0.29, 0.717) is 31.2 Å². The Morgan fingerprint density at radius 3 is 2.76 bits per heavy atom. The minimum atomic E-state index is -0.250. The molecule has 2 aliphatic heterocycles. The number of hydrogen-bond acceptors (Lipinski definition) is 6. The molecule has 8 heteroatoms. The predicted molar refractivity (Wildman–Crippen MR) is 87.0 cm³/mol. The van der Waals surface area contributed by atoms with Crippen molar-refractivity contribution in [2.45, 2.75) is 31.5 Å². The molecule has 3 unspecified atom stereocenters. The van der Waals surface area contributed by atoms with E-state index < -0.39 is 0 Å². The van der Waals surface area contributed by atoms with Crippen LogP contribution in [0.5, 0.6) is 5.75 Å². The van der Waals surface area contributed by atoms with Crippen molar-refractivity contribution in [3.63, 3.8) is 0 Å². The molecule has 25 heavy (non-hydrogen) atoms. The zero-order valence-corrected chi connectivity index (χ0v) is 14.2. The normalized spacial score (nSPS) is 27.9. The summed E-state index contributed by atoms with van der Waals surface area (Å²) in [6, 6.07) is 0. The quantitative estimate of drug-likeness (QED) is 0.821. The number of likely N-dealkylation sites (tertiary alicyclic amines) is 1. The smallest absolute Gasteiger partial charge is 0.291 e. The number of methoxy groups -OCH3 is 1. The van der Waals surface area contributed by atoms with Crippen LogP contribution in [0.4, 0.5) is 0 Å². The Morgan fingerprint density at radius 1 is 1.32 bits per heavy atom. The highest BCUT2D eigenvalue weighted by Gasteiger charge is 2.46. The van der Waals surface area contributed by atoms with Gasteiger partial charge < -0.3 is 19.7 Å². The van der Waals surface area contributed by atoms with Gasteiger partial charge in [0.15, 0.2) is 5.75 Å². The molecular weight excluding hydrogens is 324 g/mol. The van der Waals surface area contributed by atoms with Gasteiger partial charge in [-0.15, -0.1) is 0 Å². The van der Waals surface area contributed by atoms with Gasteiger partial charge in [0.05, 0.1) is 37.6 Å². The summed E-state index contributed by atoms with van der Waals surface area (Å²) >= 11 is 0. The monoisotopic (exact) mass is 346 g/mol. The van der Waals surface area contributed by atoms with Gasteiger partial charge in [-0.1, -0.05) is 0 Å². The second-order valence-corrected chi connectivity index (χ2v) is 6.98. The molecule has 1 aromatic heterocycles. The Kier molecular flexibility index (Phi) is 4.29. The molecular formula is C17H22N4O4. The lowest BCUT2D eigenvalue weighted by Crippen LogP contribution is -2.48. The highest BCUT2D eigenvalue weighted by atomic mass is 16.5. The first-order valence-corrected chi connectivity index (χ1v) is 8.72. The van der Waals surface area contributed by atoms with Gasteiger partial charge in [0.2, 0.25) is 11.7 Å². The number of fused-ring (bicyclic) bond motifs is 2. The van der Waals surface area contributed by atoms with Crippen LogP contribution in [0.25, 0.3) is 0 Å². The van der Waals surface area contributed by atoms with Crippen LogP contribution < -0.4 is 10.1 Å². The van der Waals surface area contributed by atoms with Gasteiger partial charge in [-0.2, -0.15) is 0 Å². The maximum absolute atomic E-state index is 12.6. The Balaban J connectivity index is 1.38. The van der Waals surface area contributed by atoms with Crippen molar-refractivity contribution < 1.29 is 19.1 Å². The van der Waals surface area contributed by atoms with Crippen molar-refractivity contribution >= 4 is 11.8 Å². The topological polar surface area (TPSA) is 93.7 Å². The SMILES string of the molecule is COc1cnc(C(=O)N2CC3CC(C(=O)NCC4CC4)C(C2)O3)nc1. The van der Waals surface area contributed by atoms with Gasteiger partial charge in [0.25, 0.3) is 5.91 Å². The minimum Gasteiger partial charge on any atom is -0.494 e. The first-order chi connectivity index (χ1) is 12.1. The third-order valence-corrected chi connectivity index (χ3v) is 5.10. The van der Waals surface area contributed by atoms with Crippen LogP contribution in [0.1, 0.15) is 29.9 Å². The van der Waals surface area contributed by atoms with Crippen LogP contribution >= 0.6 is 0 Å². The molecule has 1 aromatic rings. The van der Waals surface area contributed by atoms with Gasteiger partial charge in [0.1, 0.15) is 0 Å². The molecule has 2 bridgehead atoms. The summed E-state index contributed by atoms with van der Waals surface area (Å²) in [6.07, 6.45) is 5.68. The Bertz CT molecular complexity index is 661. The number of hydrogen-bond donors (Lipinski definition) is 1. The molecule has 0 aromatic carbocycles. The summed E-state index contributed by atoms with van der Waals surface area (Å²) in [5.74, 6) is 0.923. The van der Waals surface area contributed by atoms with Gasteiger partial charge in [-0.05, 0) is 25.2 Å². The van der Waals surface area contributed by atoms with Gasteiger partial charge in [-0.3, -0.25) is 9.59 Å². The number of carbonyl (C=O) groups is 2. The average Bonchev–Trinajstić information content (AvgIpc) is 3.43. The molecule has 1 N–H and O–H groups in total. The number of aromatic nitrogens is 2. The molecule has 3 fully saturated rings. The van der Waals surface area contributed by atoms with E-state index in [1.54, 1.807) is 4.90 Å². The molecule has 3 atom stereocenters. The van der Waals surface area contributed by atoms with E-state index in [0.717, 1.165) is 6.54 Å². The maximum Gasteiger partial charge on any atom is 0.291 e. The van der Waals surface area contributed by atoms with Crippen LogP contribution in [0.15, 0.2) is 12.4 Å². The highest BCUT2D eigenvalue weighted by molar-refractivity contribution is 5.90. The fourth-order valence-electron chi connectivity index (χ4n) is 3.47. The predicted octanol–water partition coefficient (Wildman–Crippen LogP) is 0.241. The molecule has 3 aliphatic rings. The summed E-state index contributed by atoms with van der Waals surface area (Å²) in [5, 5.41) is 3.03. The lowest BCUT2D eigenvalue weighted by Gasteiger charge is -2.32. The van der Waals surface area contributed by atoms with Crippen LogP contribution in [0, 0.1) is 11.8 Å². The van der Waals surface area contributed by atoms with Crippen molar-refractivity contribution in [1.82, 2.24) is 20.2 Å². The third kappa shape index (κ3) is 3.44. The number of nitrogens with zero attached hydrogens (tertiary/aromatic N) is 3. The molecule has 0 radical (unpaired) electrons. The van der Waals surface area contributed by atoms with E-state index in [-0.39, 0.29) is 35.8 Å². The first kappa shape index (κ1) is 16.3. The minimum absolute atomic E-state index is 0.0504. The van der Waals surface area contributed by atoms with E-state index in [9.17, 15) is 9.59 Å². The number of rotatable bonds is 5. The molecule has 2 amide bonds. The molecule has 3 heterocycles. The lowest BCUT2D eigenvalue weighted by molar-refractivity contribution is -0.127. The van der Waals surface area contributed by atoms with Crippen molar-refractivity contribution in [2.75, 3.05) is 26.7 Å². The molecule has 134 valence electrons. The molecule has 0 spiro atoms. The van der Waals surface area contributed by atoms with Gasteiger partial charge in [-0.25, -0.2) is 9.97 Å². The van der Waals surface area contributed by atoms with E-state index in [2.05, 4.69) is 15.3 Å². The first-order valence-electron chi connectivity index (χ1n) is 8.72. The maximum atomic E-state index is 12.6. The average molecular weight is 346 g/mol. The van der Waals surface area contributed by atoms with Crippen molar-refractivity contribution in [2.24, 2.45) is 11.8 Å². The summed E-state index contributed by atoms with van der Waals surface area (Å²) in [5.41, 5.74) is 0. The third-order valence-electron chi connectivity index (χ3n) is 5.10. The van der Waals surface area contributed by atoms with Crippen LogP contribution in [0.2, 0.25) is 0 Å². The van der Waals surface area contributed by atoms with E-state index in [4.69, 9.17) is 9.47 Å². The number of ether oxygens (including phenoxy) is 2. The number of carbonyl (C=O) groups excluding carboxylic acids is 2. The zero-order chi connectivity index (χ0) is 17.4. The Labute approximate surface area is 145 Å². The molecule has 8 nitrogen and oxygen atoms in total. The summed E-state index contributed by atoms with van der Waals surface area (Å²) < 4.78 is 10.9. The highest BCUT2D eigenvalue weighted by Crippen LogP contribution is 2.33. The number of morpholine rings is 1. The molecule has 1 saturated carbocycles. The second-order valence-electron chi connectivity index (χ2n) is 6.98. The van der Waals surface area contributed by atoms with Crippen LogP contribution in [-0.4, -0.2) is 65.6 Å². The Morgan fingerprint density at radius 2 is 2.08 bits per heavy atom. The second kappa shape index (κ2) is 6.59. The molecule has 2 saturated heterocycles. The van der Waals surface area contributed by atoms with E-state index in [1.165, 1.54) is 32.3 Å². The number of amides is 2. The summed E-state index contributed by atoms with van der Waals surface area (Å²) in [6.45, 7) is 1.62. The summed E-state index contributed by atoms with van der Waals surface area (Å²) in [7, 11) is 1.52. The fourth-order valence-corrected chi connectivity index (χ4v) is 3.47.